The molecule has 0 aromatic carbocycles. The van der Waals surface area contributed by atoms with Gasteiger partial charge in [0.2, 0.25) is 5.28 Å². The van der Waals surface area contributed by atoms with Crippen LogP contribution < -0.4 is 5.56 Å². The molecule has 0 fully saturated rings. The van der Waals surface area contributed by atoms with Crippen molar-refractivity contribution in [2.24, 2.45) is 7.05 Å². The third-order valence-corrected chi connectivity index (χ3v) is 2.65. The van der Waals surface area contributed by atoms with Crippen LogP contribution in [0.5, 0.6) is 0 Å². The van der Waals surface area contributed by atoms with Gasteiger partial charge in [-0.1, -0.05) is 23.2 Å². The number of aromatic nitrogens is 3. The zero-order chi connectivity index (χ0) is 11.2. The summed E-state index contributed by atoms with van der Waals surface area (Å²) in [6.45, 7) is 0. The summed E-state index contributed by atoms with van der Waals surface area (Å²) in [4.78, 5) is 19.2. The molecular formula is C8H4Cl3N3O. The van der Waals surface area contributed by atoms with Crippen molar-refractivity contribution in [3.05, 3.63) is 31.9 Å². The summed E-state index contributed by atoms with van der Waals surface area (Å²) in [7, 11) is 1.54. The zero-order valence-corrected chi connectivity index (χ0v) is 9.73. The molecule has 0 saturated carbocycles. The third kappa shape index (κ3) is 1.69. The monoisotopic (exact) mass is 263 g/mol. The van der Waals surface area contributed by atoms with Crippen LogP contribution in [0, 0.1) is 0 Å². The van der Waals surface area contributed by atoms with Crippen LogP contribution in [-0.2, 0) is 7.05 Å². The average Bonchev–Trinajstić information content (AvgIpc) is 2.13. The number of fused-ring (bicyclic) bond motifs is 1. The van der Waals surface area contributed by atoms with Gasteiger partial charge in [0.15, 0.2) is 5.15 Å². The topological polar surface area (TPSA) is 47.8 Å². The van der Waals surface area contributed by atoms with E-state index in [1.54, 1.807) is 7.05 Å². The summed E-state index contributed by atoms with van der Waals surface area (Å²) < 4.78 is 1.29. The second-order valence-electron chi connectivity index (χ2n) is 2.87. The average molecular weight is 264 g/mol. The molecule has 2 aromatic rings. The first-order valence-corrected chi connectivity index (χ1v) is 5.02. The Hall–Kier alpha value is -0.840. The number of rotatable bonds is 0. The molecule has 0 aliphatic carbocycles. The Labute approximate surface area is 99.4 Å². The van der Waals surface area contributed by atoms with Gasteiger partial charge in [-0.2, -0.15) is 0 Å². The van der Waals surface area contributed by atoms with Gasteiger partial charge in [-0.05, 0) is 17.7 Å². The minimum absolute atomic E-state index is 0.0159. The van der Waals surface area contributed by atoms with E-state index >= 15 is 0 Å². The lowest BCUT2D eigenvalue weighted by Crippen LogP contribution is -2.18. The second kappa shape index (κ2) is 3.63. The zero-order valence-electron chi connectivity index (χ0n) is 7.46. The van der Waals surface area contributed by atoms with Gasteiger partial charge in [-0.3, -0.25) is 4.79 Å². The maximum absolute atomic E-state index is 11.5. The summed E-state index contributed by atoms with van der Waals surface area (Å²) in [5, 5.41) is 0.208. The molecule has 0 bridgehead atoms. The molecule has 2 rings (SSSR count). The van der Waals surface area contributed by atoms with Crippen molar-refractivity contribution in [2.45, 2.75) is 0 Å². The molecule has 0 aliphatic rings. The van der Waals surface area contributed by atoms with Gasteiger partial charge in [-0.25, -0.2) is 9.97 Å². The van der Waals surface area contributed by atoms with Crippen LogP contribution in [0.15, 0.2) is 10.9 Å². The molecule has 78 valence electrons. The summed E-state index contributed by atoms with van der Waals surface area (Å²) in [6.07, 6.45) is 0. The molecule has 0 spiro atoms. The Morgan fingerprint density at radius 3 is 2.60 bits per heavy atom. The van der Waals surface area contributed by atoms with Crippen LogP contribution >= 0.6 is 34.8 Å². The van der Waals surface area contributed by atoms with Crippen molar-refractivity contribution in [2.75, 3.05) is 0 Å². The van der Waals surface area contributed by atoms with Crippen molar-refractivity contribution < 1.29 is 0 Å². The predicted molar refractivity (Wildman–Crippen MR) is 59.8 cm³/mol. The van der Waals surface area contributed by atoms with Gasteiger partial charge >= 0.3 is 0 Å². The van der Waals surface area contributed by atoms with Gasteiger partial charge in [0, 0.05) is 7.05 Å². The van der Waals surface area contributed by atoms with Crippen molar-refractivity contribution in [3.63, 3.8) is 0 Å². The van der Waals surface area contributed by atoms with E-state index in [9.17, 15) is 4.79 Å². The lowest BCUT2D eigenvalue weighted by Gasteiger charge is -2.06. The minimum Gasteiger partial charge on any atom is -0.306 e. The summed E-state index contributed by atoms with van der Waals surface area (Å²) in [5.74, 6) is 0. The Balaban J connectivity index is 3.05. The van der Waals surface area contributed by atoms with Crippen molar-refractivity contribution in [3.8, 4) is 0 Å². The maximum Gasteiger partial charge on any atom is 0.269 e. The summed E-state index contributed by atoms with van der Waals surface area (Å²) in [6, 6.07) is 1.42. The number of nitrogens with zero attached hydrogens (tertiary/aromatic N) is 3. The van der Waals surface area contributed by atoms with Gasteiger partial charge in [0.05, 0.1) is 5.52 Å². The largest absolute Gasteiger partial charge is 0.306 e. The number of hydrogen-bond donors (Lipinski definition) is 0. The molecule has 2 aromatic heterocycles. The van der Waals surface area contributed by atoms with Crippen LogP contribution in [0.25, 0.3) is 11.0 Å². The predicted octanol–water partition coefficient (Wildman–Crippen LogP) is 2.29. The highest BCUT2D eigenvalue weighted by Gasteiger charge is 2.11. The van der Waals surface area contributed by atoms with Crippen LogP contribution in [0.4, 0.5) is 0 Å². The van der Waals surface area contributed by atoms with Crippen LogP contribution in [-0.4, -0.2) is 14.5 Å². The highest BCUT2D eigenvalue weighted by Crippen LogP contribution is 2.21. The van der Waals surface area contributed by atoms with Gasteiger partial charge in [0.25, 0.3) is 5.56 Å². The van der Waals surface area contributed by atoms with Crippen LogP contribution in [0.2, 0.25) is 15.5 Å². The van der Waals surface area contributed by atoms with Gasteiger partial charge < -0.3 is 4.57 Å². The molecule has 0 saturated heterocycles. The Morgan fingerprint density at radius 1 is 1.27 bits per heavy atom. The molecule has 0 unspecified atom stereocenters. The van der Waals surface area contributed by atoms with E-state index in [-0.39, 0.29) is 21.0 Å². The third-order valence-electron chi connectivity index (χ3n) is 1.95. The fourth-order valence-corrected chi connectivity index (χ4v) is 2.02. The van der Waals surface area contributed by atoms with Crippen molar-refractivity contribution >= 4 is 45.8 Å². The quantitative estimate of drug-likeness (QED) is 0.542. The molecule has 0 N–H and O–H groups in total. The van der Waals surface area contributed by atoms with Gasteiger partial charge in [0.1, 0.15) is 10.5 Å². The van der Waals surface area contributed by atoms with E-state index < -0.39 is 0 Å². The molecule has 0 aliphatic heterocycles. The van der Waals surface area contributed by atoms with E-state index in [1.165, 1.54) is 10.6 Å². The molecule has 15 heavy (non-hydrogen) atoms. The highest BCUT2D eigenvalue weighted by atomic mass is 35.5. The first-order chi connectivity index (χ1) is 7.00. The number of aryl methyl sites for hydroxylation is 1. The lowest BCUT2D eigenvalue weighted by atomic mass is 10.3. The number of hydrogen-bond acceptors (Lipinski definition) is 3. The molecule has 0 radical (unpaired) electrons. The second-order valence-corrected chi connectivity index (χ2v) is 3.98. The molecule has 7 heteroatoms. The minimum atomic E-state index is -0.350. The fourth-order valence-electron chi connectivity index (χ4n) is 1.27. The number of halogens is 3. The summed E-state index contributed by atoms with van der Waals surface area (Å²) >= 11 is 17.2. The fraction of sp³-hybridized carbons (Fsp3) is 0.125. The highest BCUT2D eigenvalue weighted by molar-refractivity contribution is 6.36. The van der Waals surface area contributed by atoms with E-state index in [4.69, 9.17) is 34.8 Å². The Kier molecular flexibility index (Phi) is 2.58. The smallest absolute Gasteiger partial charge is 0.269 e. The standard InChI is InChI=1S/C8H4Cl3N3O/c1-14-5-4(2-3(9)7(14)15)12-8(11)13-6(5)10/h2H,1H3. The summed E-state index contributed by atoms with van der Waals surface area (Å²) in [5.41, 5.74) is 0.500. The molecule has 4 nitrogen and oxygen atoms in total. The van der Waals surface area contributed by atoms with Gasteiger partial charge in [-0.15, -0.1) is 0 Å². The molecular weight excluding hydrogens is 260 g/mol. The Bertz CT molecular complexity index is 608. The number of pyridine rings is 1. The lowest BCUT2D eigenvalue weighted by molar-refractivity contribution is 0.898. The molecule has 0 amide bonds. The van der Waals surface area contributed by atoms with E-state index in [1.807, 2.05) is 0 Å². The van der Waals surface area contributed by atoms with E-state index in [0.29, 0.717) is 11.0 Å². The molecule has 0 atom stereocenters. The van der Waals surface area contributed by atoms with Crippen molar-refractivity contribution in [1.29, 1.82) is 0 Å². The van der Waals surface area contributed by atoms with Crippen LogP contribution in [0.1, 0.15) is 0 Å². The normalized spacial score (nSPS) is 10.9. The maximum atomic E-state index is 11.5. The first-order valence-electron chi connectivity index (χ1n) is 3.89. The molecule has 2 heterocycles. The van der Waals surface area contributed by atoms with Crippen LogP contribution in [0.3, 0.4) is 0 Å². The Morgan fingerprint density at radius 2 is 1.93 bits per heavy atom. The van der Waals surface area contributed by atoms with Crippen molar-refractivity contribution in [1.82, 2.24) is 14.5 Å². The SMILES string of the molecule is Cn1c(=O)c(Cl)cc2nc(Cl)nc(Cl)c21. The first kappa shape index (κ1) is 10.7. The van der Waals surface area contributed by atoms with E-state index in [2.05, 4.69) is 9.97 Å². The van der Waals surface area contributed by atoms with E-state index in [0.717, 1.165) is 0 Å².